The number of H-pyrrole nitrogens is 1. The van der Waals surface area contributed by atoms with Gasteiger partial charge in [0, 0.05) is 115 Å². The number of halogens is 6. The van der Waals surface area contributed by atoms with Crippen LogP contribution in [-0.2, 0) is 51.0 Å². The van der Waals surface area contributed by atoms with Crippen molar-refractivity contribution < 1.29 is 49.7 Å². The van der Waals surface area contributed by atoms with Gasteiger partial charge in [0.05, 0.1) is 17.5 Å². The molecule has 27 heteroatoms. The van der Waals surface area contributed by atoms with Crippen molar-refractivity contribution in [2.24, 2.45) is 32.2 Å². The molecule has 9 aromatic rings. The highest BCUT2D eigenvalue weighted by atomic mass is 19.1. The van der Waals surface area contributed by atoms with Crippen molar-refractivity contribution in [2.45, 2.75) is 36.6 Å². The van der Waals surface area contributed by atoms with Gasteiger partial charge in [0.25, 0.3) is 17.7 Å². The third-order valence-electron chi connectivity index (χ3n) is 14.2. The Kier molecular flexibility index (Phi) is 15.2. The van der Waals surface area contributed by atoms with Gasteiger partial charge in [-0.25, -0.2) is 46.3 Å². The van der Waals surface area contributed by atoms with Gasteiger partial charge in [-0.3, -0.25) is 49.1 Å². The Balaban J connectivity index is 0.000000140. The topological polar surface area (TPSA) is 295 Å². The molecule has 3 aromatic carbocycles. The van der Waals surface area contributed by atoms with E-state index in [4.69, 9.17) is 26.1 Å². The number of nitrogens with one attached hydrogen (secondary N) is 1. The number of carbonyl (C=O) groups is 3. The standard InChI is InChI=1S/C19H16F2N6O.2C19H15F2N5O2/c1-27-17(28)19(25-18(27)22,13-6-11(8-20)9-23-10-13)12-2-3-15(21)14(7-12)16-4-5-24-26-16;1-26-17(27)19(25-18(26)22,13-4-11(6-20)7-23-8-13)12-2-3-15(21)14(5-12)16-9-24-10-28-16;1-26-17(27)19(24-18(26)22,13-6-11(8-20)9-23-10-13)12-2-3-15(21)14(7-12)16-4-5-28-25-16/h2-7,9-10H,8H2,1H3,(H2,22,25)(H,24,26);2-5,7-10H,6H2,1H3,(H2,22,25);2-7,9-10H,8H2,1H3,(H2,22,24). The molecule has 3 amide bonds. The van der Waals surface area contributed by atoms with E-state index >= 15 is 0 Å². The molecule has 0 bridgehead atoms. The number of benzene rings is 3. The molecule has 0 saturated heterocycles. The molecule has 0 radical (unpaired) electrons. The first-order chi connectivity index (χ1) is 40.4. The molecule has 3 aliphatic heterocycles. The van der Waals surface area contributed by atoms with Crippen LogP contribution in [0.3, 0.4) is 0 Å². The summed E-state index contributed by atoms with van der Waals surface area (Å²) in [7, 11) is 4.46. The Bertz CT molecular complexity index is 3660. The number of pyridine rings is 3. The van der Waals surface area contributed by atoms with Crippen LogP contribution in [0.25, 0.3) is 33.8 Å². The molecule has 84 heavy (non-hydrogen) atoms. The van der Waals surface area contributed by atoms with Gasteiger partial charge in [0.1, 0.15) is 49.4 Å². The number of hydrogen-bond acceptors (Lipinski definition) is 17. The molecule has 426 valence electrons. The first-order valence-corrected chi connectivity index (χ1v) is 25.0. The zero-order valence-corrected chi connectivity index (χ0v) is 44.4. The smallest absolute Gasteiger partial charge is 0.266 e. The van der Waals surface area contributed by atoms with Crippen LogP contribution in [0.5, 0.6) is 0 Å². The maximum atomic E-state index is 14.5. The number of aromatic nitrogens is 7. The predicted octanol–water partition coefficient (Wildman–Crippen LogP) is 6.86. The van der Waals surface area contributed by atoms with Crippen molar-refractivity contribution >= 4 is 35.6 Å². The molecule has 0 spiro atoms. The van der Waals surface area contributed by atoms with Crippen molar-refractivity contribution in [3.05, 3.63) is 215 Å². The quantitative estimate of drug-likeness (QED) is 0.0909. The van der Waals surface area contributed by atoms with Gasteiger partial charge in [-0.05, 0) is 77.4 Å². The second-order valence-electron chi connectivity index (χ2n) is 19.1. The van der Waals surface area contributed by atoms with Crippen LogP contribution < -0.4 is 17.2 Å². The number of guanidine groups is 3. The summed E-state index contributed by atoms with van der Waals surface area (Å²) in [4.78, 5) is 72.3. The van der Waals surface area contributed by atoms with Gasteiger partial charge in [0.15, 0.2) is 46.6 Å². The Hall–Kier alpha value is -10.9. The molecular formula is C57H46F6N16O5. The van der Waals surface area contributed by atoms with Crippen LogP contribution in [0.1, 0.15) is 50.1 Å². The number of carbonyl (C=O) groups excluding carboxylic acids is 3. The number of rotatable bonds is 12. The summed E-state index contributed by atoms with van der Waals surface area (Å²) in [6, 6.07) is 20.1. The summed E-state index contributed by atoms with van der Waals surface area (Å²) < 4.78 is 92.9. The van der Waals surface area contributed by atoms with Crippen LogP contribution in [0.2, 0.25) is 0 Å². The van der Waals surface area contributed by atoms with Crippen LogP contribution in [0.4, 0.5) is 26.3 Å². The lowest BCUT2D eigenvalue weighted by Gasteiger charge is -2.26. The lowest BCUT2D eigenvalue weighted by molar-refractivity contribution is -0.130. The average molecular weight is 1150 g/mol. The summed E-state index contributed by atoms with van der Waals surface area (Å²) in [5.41, 5.74) is 17.1. The summed E-state index contributed by atoms with van der Waals surface area (Å²) in [5.74, 6) is -2.77. The minimum Gasteiger partial charge on any atom is -0.443 e. The van der Waals surface area contributed by atoms with E-state index in [1.165, 1.54) is 177 Å². The molecular weight excluding hydrogens is 1100 g/mol. The second-order valence-corrected chi connectivity index (χ2v) is 19.1. The molecule has 6 aromatic heterocycles. The van der Waals surface area contributed by atoms with Crippen LogP contribution in [-0.4, -0.2) is 107 Å². The van der Waals surface area contributed by atoms with E-state index in [1.54, 1.807) is 6.07 Å². The van der Waals surface area contributed by atoms with Crippen molar-refractivity contribution in [2.75, 3.05) is 21.1 Å². The van der Waals surface area contributed by atoms with E-state index in [9.17, 15) is 40.7 Å². The number of oxazole rings is 1. The van der Waals surface area contributed by atoms with Crippen molar-refractivity contribution in [3.63, 3.8) is 0 Å². The van der Waals surface area contributed by atoms with Gasteiger partial charge in [-0.2, -0.15) is 5.10 Å². The van der Waals surface area contributed by atoms with E-state index in [0.717, 1.165) is 0 Å². The van der Waals surface area contributed by atoms with Crippen molar-refractivity contribution in [3.8, 4) is 33.8 Å². The molecule has 0 fully saturated rings. The summed E-state index contributed by atoms with van der Waals surface area (Å²) in [5, 5.41) is 10.3. The normalized spacial score (nSPS) is 19.2. The summed E-state index contributed by atoms with van der Waals surface area (Å²) in [6.45, 7) is -2.26. The zero-order chi connectivity index (χ0) is 59.7. The van der Waals surface area contributed by atoms with Gasteiger partial charge < -0.3 is 26.1 Å². The van der Waals surface area contributed by atoms with Crippen LogP contribution in [0.15, 0.2) is 171 Å². The van der Waals surface area contributed by atoms with Crippen molar-refractivity contribution in [1.82, 2.24) is 50.0 Å². The third kappa shape index (κ3) is 9.68. The molecule has 3 unspecified atom stereocenters. The van der Waals surface area contributed by atoms with E-state index in [2.05, 4.69) is 50.3 Å². The molecule has 7 N–H and O–H groups in total. The zero-order valence-electron chi connectivity index (χ0n) is 44.4. The first-order valence-electron chi connectivity index (χ1n) is 25.0. The fraction of sp³-hybridized carbons (Fsp3) is 0.158. The Morgan fingerprint density at radius 2 is 0.917 bits per heavy atom. The van der Waals surface area contributed by atoms with Gasteiger partial charge in [-0.1, -0.05) is 23.4 Å². The number of likely N-dealkylation sites (N-methyl/N-ethyl adjacent to an activating group) is 3. The number of alkyl halides is 3. The molecule has 0 saturated carbocycles. The van der Waals surface area contributed by atoms with E-state index in [1.807, 2.05) is 0 Å². The summed E-state index contributed by atoms with van der Waals surface area (Å²) >= 11 is 0. The fourth-order valence-electron chi connectivity index (χ4n) is 9.78. The highest BCUT2D eigenvalue weighted by molar-refractivity contribution is 6.10. The SMILES string of the molecule is CN1C(=O)C(c2cncc(CF)c2)(c2ccc(F)c(-c3ccn[nH]3)c2)N=C1N.CN1C(=O)C(c2cncc(CF)c2)(c2ccc(F)c(-c3ccon3)c2)N=C1N.CN1C(=O)C(c2cncc(CF)c2)(c2ccc(F)c(-c3cnco3)c2)N=C1N. The van der Waals surface area contributed by atoms with Crippen molar-refractivity contribution in [1.29, 1.82) is 0 Å². The first kappa shape index (κ1) is 56.4. The monoisotopic (exact) mass is 1150 g/mol. The number of nitrogens with two attached hydrogens (primary N) is 3. The maximum Gasteiger partial charge on any atom is 0.266 e. The predicted molar refractivity (Wildman–Crippen MR) is 290 cm³/mol. The van der Waals surface area contributed by atoms with E-state index in [0.29, 0.717) is 44.6 Å². The number of amides is 3. The fourth-order valence-corrected chi connectivity index (χ4v) is 9.78. The maximum absolute atomic E-state index is 14.5. The molecule has 0 aliphatic carbocycles. The van der Waals surface area contributed by atoms with Crippen LogP contribution >= 0.6 is 0 Å². The van der Waals surface area contributed by atoms with E-state index < -0.39 is 71.8 Å². The lowest BCUT2D eigenvalue weighted by Crippen LogP contribution is -2.41. The minimum atomic E-state index is -1.61. The highest BCUT2D eigenvalue weighted by Crippen LogP contribution is 2.44. The number of aliphatic imine (C=N–C) groups is 3. The molecule has 3 atom stereocenters. The van der Waals surface area contributed by atoms with Crippen LogP contribution in [0, 0.1) is 17.5 Å². The lowest BCUT2D eigenvalue weighted by atomic mass is 9.82. The Morgan fingerprint density at radius 3 is 1.27 bits per heavy atom. The number of hydrogen-bond donors (Lipinski definition) is 4. The molecule has 9 heterocycles. The highest BCUT2D eigenvalue weighted by Gasteiger charge is 2.53. The minimum absolute atomic E-state index is 0.00284. The Morgan fingerprint density at radius 1 is 0.500 bits per heavy atom. The molecule has 3 aliphatic rings. The average Bonchev–Trinajstić information content (AvgIpc) is 2.16. The number of nitrogens with zero attached hydrogens (tertiary/aromatic N) is 12. The van der Waals surface area contributed by atoms with Gasteiger partial charge >= 0.3 is 0 Å². The largest absolute Gasteiger partial charge is 0.443 e. The van der Waals surface area contributed by atoms with Gasteiger partial charge in [-0.15, -0.1) is 0 Å². The second kappa shape index (κ2) is 22.6. The summed E-state index contributed by atoms with van der Waals surface area (Å²) in [6.07, 6.45) is 13.7. The van der Waals surface area contributed by atoms with Gasteiger partial charge in [0.2, 0.25) is 0 Å². The third-order valence-corrected chi connectivity index (χ3v) is 14.2. The van der Waals surface area contributed by atoms with E-state index in [-0.39, 0.29) is 57.2 Å². The molecule has 21 nitrogen and oxygen atoms in total. The number of aromatic amines is 1. The molecule has 12 rings (SSSR count). The Labute approximate surface area is 472 Å².